The largest absolute Gasteiger partial charge is 0.489 e. The lowest BCUT2D eigenvalue weighted by Gasteiger charge is -2.31. The molecule has 0 unspecified atom stereocenters. The molecule has 2 amide bonds. The van der Waals surface area contributed by atoms with Crippen molar-refractivity contribution >= 4 is 25.7 Å². The number of pyridine rings is 1. The molecule has 13 heteroatoms. The van der Waals surface area contributed by atoms with Crippen LogP contribution >= 0.6 is 7.82 Å². The Balaban J connectivity index is 1.03. The number of carbonyl (C=O) groups is 2. The molecule has 47 heavy (non-hydrogen) atoms. The van der Waals surface area contributed by atoms with E-state index in [0.29, 0.717) is 23.7 Å². The predicted octanol–water partition coefficient (Wildman–Crippen LogP) is 6.52. The smallest absolute Gasteiger partial charge is 0.475 e. The number of cyclic esters (lactones) is 2. The van der Waals surface area contributed by atoms with Crippen molar-refractivity contribution in [3.8, 4) is 16.9 Å². The van der Waals surface area contributed by atoms with Crippen LogP contribution in [0.4, 0.5) is 15.3 Å². The third kappa shape index (κ3) is 6.72. The zero-order valence-corrected chi connectivity index (χ0v) is 26.4. The summed E-state index contributed by atoms with van der Waals surface area (Å²) in [5.74, 6) is 0.510. The van der Waals surface area contributed by atoms with Gasteiger partial charge in [0.25, 0.3) is 0 Å². The number of amides is 2. The minimum Gasteiger partial charge on any atom is -0.489 e. The summed E-state index contributed by atoms with van der Waals surface area (Å²) in [7, 11) is -2.39. The highest BCUT2D eigenvalue weighted by Crippen LogP contribution is 2.52. The highest BCUT2D eigenvalue weighted by molar-refractivity contribution is 7.48. The second-order valence-corrected chi connectivity index (χ2v) is 13.0. The third-order valence-corrected chi connectivity index (χ3v) is 9.50. The first-order valence-electron chi connectivity index (χ1n) is 15.1. The van der Waals surface area contributed by atoms with Gasteiger partial charge in [0.1, 0.15) is 18.4 Å². The van der Waals surface area contributed by atoms with Crippen LogP contribution in [0, 0.1) is 0 Å². The van der Waals surface area contributed by atoms with E-state index in [1.807, 2.05) is 84.9 Å². The maximum atomic E-state index is 13.8. The molecule has 3 atom stereocenters. The number of aromatic nitrogens is 1. The Labute approximate surface area is 271 Å². The van der Waals surface area contributed by atoms with E-state index in [1.54, 1.807) is 19.3 Å². The van der Waals surface area contributed by atoms with Gasteiger partial charge in [-0.25, -0.2) is 14.2 Å². The van der Waals surface area contributed by atoms with Crippen LogP contribution in [-0.4, -0.2) is 61.0 Å². The van der Waals surface area contributed by atoms with Crippen LogP contribution in [0.2, 0.25) is 0 Å². The summed E-state index contributed by atoms with van der Waals surface area (Å²) in [6, 6.07) is 27.3. The lowest BCUT2D eigenvalue weighted by Crippen LogP contribution is -2.45. The molecule has 7 rings (SSSR count). The fraction of sp³-hybridized carbons (Fsp3) is 0.265. The molecule has 242 valence electrons. The lowest BCUT2D eigenvalue weighted by molar-refractivity contribution is 0.0460. The second kappa shape index (κ2) is 13.2. The Hall–Kier alpha value is -4.74. The zero-order chi connectivity index (χ0) is 32.4. The van der Waals surface area contributed by atoms with E-state index < -0.39 is 32.2 Å². The van der Waals surface area contributed by atoms with Crippen LogP contribution < -0.4 is 9.64 Å². The van der Waals surface area contributed by atoms with E-state index in [2.05, 4.69) is 4.98 Å². The van der Waals surface area contributed by atoms with Gasteiger partial charge in [-0.15, -0.1) is 0 Å². The summed E-state index contributed by atoms with van der Waals surface area (Å²) >= 11 is 0. The van der Waals surface area contributed by atoms with Crippen LogP contribution in [0.5, 0.6) is 5.75 Å². The second-order valence-electron chi connectivity index (χ2n) is 11.3. The Bertz CT molecular complexity index is 1740. The van der Waals surface area contributed by atoms with Crippen LogP contribution in [0.3, 0.4) is 0 Å². The molecule has 12 nitrogen and oxygen atoms in total. The van der Waals surface area contributed by atoms with Gasteiger partial charge in [0, 0.05) is 18.8 Å². The molecule has 2 saturated heterocycles. The summed E-state index contributed by atoms with van der Waals surface area (Å²) < 4.78 is 48.1. The third-order valence-electron chi connectivity index (χ3n) is 8.14. The number of rotatable bonds is 11. The summed E-state index contributed by atoms with van der Waals surface area (Å²) in [5, 5.41) is 0. The average molecular weight is 658 g/mol. The van der Waals surface area contributed by atoms with Crippen LogP contribution in [-0.2, 0) is 40.8 Å². The van der Waals surface area contributed by atoms with Crippen molar-refractivity contribution in [2.24, 2.45) is 0 Å². The van der Waals surface area contributed by atoms with Crippen LogP contribution in [0.25, 0.3) is 11.1 Å². The number of nitrogens with zero attached hydrogens (tertiary/aromatic N) is 3. The monoisotopic (exact) mass is 657 g/mol. The van der Waals surface area contributed by atoms with Crippen molar-refractivity contribution in [2.75, 3.05) is 31.7 Å². The van der Waals surface area contributed by atoms with Gasteiger partial charge in [-0.05, 0) is 34.9 Å². The van der Waals surface area contributed by atoms with Gasteiger partial charge in [-0.2, -0.15) is 0 Å². The Morgan fingerprint density at radius 3 is 2.13 bits per heavy atom. The van der Waals surface area contributed by atoms with E-state index in [1.165, 1.54) is 9.80 Å². The topological polar surface area (TPSA) is 126 Å². The van der Waals surface area contributed by atoms with Crippen molar-refractivity contribution in [1.29, 1.82) is 0 Å². The minimum absolute atomic E-state index is 0.00929. The fourth-order valence-corrected chi connectivity index (χ4v) is 6.75. The highest BCUT2D eigenvalue weighted by Gasteiger charge is 2.48. The number of phosphoric ester groups is 1. The maximum absolute atomic E-state index is 13.8. The molecule has 0 spiro atoms. The fourth-order valence-electron chi connectivity index (χ4n) is 5.58. The highest BCUT2D eigenvalue weighted by atomic mass is 31.2. The number of phosphoric acid groups is 1. The van der Waals surface area contributed by atoms with Gasteiger partial charge in [0.15, 0.2) is 12.2 Å². The molecule has 3 aromatic carbocycles. The van der Waals surface area contributed by atoms with Gasteiger partial charge in [-0.1, -0.05) is 72.8 Å². The number of anilines is 1. The average Bonchev–Trinajstić information content (AvgIpc) is 3.63. The molecule has 4 heterocycles. The Kier molecular flexibility index (Phi) is 8.66. The predicted molar refractivity (Wildman–Crippen MR) is 170 cm³/mol. The standard InChI is InChI=1S/C34H32N3O9P/c1-36-18-31(45-33(36)38)27-14-12-26(17-35-27)25-13-15-28-30(16-25)41-21-29-32(46-34(39)37(28)29)22-44-47(40,42-19-23-8-4-2-5-9-23)43-20-24-10-6-3-7-11-24/h2-17,29,31-32H,18-22H2,1H3/t29-,31-,32-/m0/s1. The van der Waals surface area contributed by atoms with Crippen LogP contribution in [0.15, 0.2) is 97.2 Å². The molecule has 1 aromatic heterocycles. The number of benzene rings is 3. The van der Waals surface area contributed by atoms with E-state index in [-0.39, 0.29) is 32.5 Å². The molecule has 0 bridgehead atoms. The summed E-state index contributed by atoms with van der Waals surface area (Å²) in [6.45, 7) is 0.364. The van der Waals surface area contributed by atoms with Crippen molar-refractivity contribution in [2.45, 2.75) is 31.5 Å². The quantitative estimate of drug-likeness (QED) is 0.165. The maximum Gasteiger partial charge on any atom is 0.475 e. The minimum atomic E-state index is -4.08. The number of hydrogen-bond donors (Lipinski definition) is 0. The lowest BCUT2D eigenvalue weighted by atomic mass is 10.0. The summed E-state index contributed by atoms with van der Waals surface area (Å²) in [6.07, 6.45) is -0.423. The molecular weight excluding hydrogens is 625 g/mol. The SMILES string of the molecule is CN1C[C@@H](c2ccc(-c3ccc4c(c3)OC[C@H]3[C@H](COP(=O)(OCc5ccccc5)OCc5ccccc5)OC(=O)N43)cn2)OC1=O. The normalized spacial score (nSPS) is 20.3. The van der Waals surface area contributed by atoms with Crippen molar-refractivity contribution in [3.63, 3.8) is 0 Å². The number of hydrogen-bond acceptors (Lipinski definition) is 10. The molecule has 0 radical (unpaired) electrons. The molecule has 2 fully saturated rings. The van der Waals surface area contributed by atoms with E-state index >= 15 is 0 Å². The van der Waals surface area contributed by atoms with E-state index in [0.717, 1.165) is 22.3 Å². The van der Waals surface area contributed by atoms with Gasteiger partial charge >= 0.3 is 20.0 Å². The first kappa shape index (κ1) is 30.9. The van der Waals surface area contributed by atoms with Gasteiger partial charge < -0.3 is 19.1 Å². The van der Waals surface area contributed by atoms with Gasteiger partial charge in [-0.3, -0.25) is 23.5 Å². The molecule has 3 aliphatic heterocycles. The number of carbonyl (C=O) groups excluding carboxylic acids is 2. The number of likely N-dealkylation sites (N-methyl/N-ethyl adjacent to an activating group) is 1. The number of ether oxygens (including phenoxy) is 3. The van der Waals surface area contributed by atoms with Crippen molar-refractivity contribution in [1.82, 2.24) is 9.88 Å². The summed E-state index contributed by atoms with van der Waals surface area (Å²) in [5.41, 5.74) is 4.48. The molecule has 0 N–H and O–H groups in total. The van der Waals surface area contributed by atoms with E-state index in [4.69, 9.17) is 27.8 Å². The number of fused-ring (bicyclic) bond motifs is 3. The molecule has 3 aliphatic rings. The van der Waals surface area contributed by atoms with Gasteiger partial charge in [0.2, 0.25) is 0 Å². The molecule has 0 aliphatic carbocycles. The van der Waals surface area contributed by atoms with E-state index in [9.17, 15) is 14.2 Å². The molecular formula is C34H32N3O9P. The zero-order valence-electron chi connectivity index (χ0n) is 25.5. The van der Waals surface area contributed by atoms with Crippen LogP contribution in [0.1, 0.15) is 22.9 Å². The van der Waals surface area contributed by atoms with Gasteiger partial charge in [0.05, 0.1) is 37.7 Å². The first-order valence-corrected chi connectivity index (χ1v) is 16.6. The summed E-state index contributed by atoms with van der Waals surface area (Å²) in [4.78, 5) is 32.4. The molecule has 0 saturated carbocycles. The Morgan fingerprint density at radius 2 is 1.51 bits per heavy atom. The van der Waals surface area contributed by atoms with Crippen molar-refractivity contribution < 1.29 is 41.9 Å². The first-order chi connectivity index (χ1) is 22.8. The Morgan fingerprint density at radius 1 is 0.830 bits per heavy atom. The van der Waals surface area contributed by atoms with Crippen molar-refractivity contribution in [3.05, 3.63) is 114 Å². The molecule has 4 aromatic rings.